The highest BCUT2D eigenvalue weighted by molar-refractivity contribution is 5.85. The van der Waals surface area contributed by atoms with Gasteiger partial charge in [-0.1, -0.05) is 45.0 Å². The van der Waals surface area contributed by atoms with E-state index >= 15 is 0 Å². The van der Waals surface area contributed by atoms with Crippen LogP contribution in [0.1, 0.15) is 37.9 Å². The molecule has 1 unspecified atom stereocenters. The van der Waals surface area contributed by atoms with Gasteiger partial charge in [0, 0.05) is 32.0 Å². The number of rotatable bonds is 4. The van der Waals surface area contributed by atoms with E-state index in [0.29, 0.717) is 6.54 Å². The van der Waals surface area contributed by atoms with Crippen molar-refractivity contribution in [2.45, 2.75) is 32.2 Å². The average molecular weight is 390 g/mol. The van der Waals surface area contributed by atoms with Gasteiger partial charge >= 0.3 is 0 Å². The minimum Gasteiger partial charge on any atom is -0.483 e. The maximum atomic E-state index is 12.9. The molecule has 2 aromatic rings. The van der Waals surface area contributed by atoms with Crippen molar-refractivity contribution in [3.63, 3.8) is 0 Å². The fraction of sp³-hybridized carbons (Fsp3) is 0.429. The summed E-state index contributed by atoms with van der Waals surface area (Å²) < 4.78 is 5.94. The first kappa shape index (κ1) is 21.2. The van der Waals surface area contributed by atoms with Crippen molar-refractivity contribution in [3.8, 4) is 5.75 Å². The minimum atomic E-state index is -0.0348. The molecule has 1 fully saturated rings. The lowest BCUT2D eigenvalue weighted by atomic mass is 9.86. The zero-order valence-electron chi connectivity index (χ0n) is 16.1. The first-order valence-corrected chi connectivity index (χ1v) is 9.09. The SMILES string of the molecule is CC(C)(C)c1ccccc1OCC(=O)N1CCNCC1c1cccnc1.Cl. The molecule has 1 saturated heterocycles. The van der Waals surface area contributed by atoms with E-state index in [2.05, 4.69) is 37.1 Å². The summed E-state index contributed by atoms with van der Waals surface area (Å²) in [6.45, 7) is 8.67. The number of amides is 1. The third kappa shape index (κ3) is 5.21. The molecule has 1 aromatic heterocycles. The van der Waals surface area contributed by atoms with E-state index in [1.165, 1.54) is 0 Å². The molecule has 1 aromatic carbocycles. The smallest absolute Gasteiger partial charge is 0.261 e. The zero-order chi connectivity index (χ0) is 18.6. The van der Waals surface area contributed by atoms with E-state index in [1.54, 1.807) is 6.20 Å². The van der Waals surface area contributed by atoms with Crippen LogP contribution in [0.5, 0.6) is 5.75 Å². The van der Waals surface area contributed by atoms with E-state index in [9.17, 15) is 4.79 Å². The quantitative estimate of drug-likeness (QED) is 0.871. The number of nitrogens with one attached hydrogen (secondary N) is 1. The van der Waals surface area contributed by atoms with Crippen LogP contribution >= 0.6 is 12.4 Å². The summed E-state index contributed by atoms with van der Waals surface area (Å²) in [5.74, 6) is 0.783. The number of hydrogen-bond donors (Lipinski definition) is 1. The van der Waals surface area contributed by atoms with Crippen molar-refractivity contribution < 1.29 is 9.53 Å². The van der Waals surface area contributed by atoms with Gasteiger partial charge in [0.05, 0.1) is 6.04 Å². The van der Waals surface area contributed by atoms with E-state index in [1.807, 2.05) is 41.4 Å². The summed E-state index contributed by atoms with van der Waals surface area (Å²) in [5.41, 5.74) is 2.12. The van der Waals surface area contributed by atoms with Crippen LogP contribution in [0.15, 0.2) is 48.8 Å². The summed E-state index contributed by atoms with van der Waals surface area (Å²) in [6.07, 6.45) is 3.58. The molecule has 1 aliphatic rings. The molecular formula is C21H28ClN3O2. The highest BCUT2D eigenvalue weighted by atomic mass is 35.5. The number of pyridine rings is 1. The first-order valence-electron chi connectivity index (χ1n) is 9.09. The number of carbonyl (C=O) groups excluding carboxylic acids is 1. The summed E-state index contributed by atoms with van der Waals surface area (Å²) >= 11 is 0. The lowest BCUT2D eigenvalue weighted by Gasteiger charge is -2.36. The highest BCUT2D eigenvalue weighted by Gasteiger charge is 2.28. The summed E-state index contributed by atoms with van der Waals surface area (Å²) in [5, 5.41) is 3.36. The monoisotopic (exact) mass is 389 g/mol. The lowest BCUT2D eigenvalue weighted by molar-refractivity contribution is -0.136. The van der Waals surface area contributed by atoms with Crippen molar-refractivity contribution in [1.82, 2.24) is 15.2 Å². The number of piperazine rings is 1. The maximum Gasteiger partial charge on any atom is 0.261 e. The molecule has 1 amide bonds. The number of benzene rings is 1. The van der Waals surface area contributed by atoms with Crippen LogP contribution in [-0.2, 0) is 10.2 Å². The van der Waals surface area contributed by atoms with Gasteiger partial charge in [-0.3, -0.25) is 9.78 Å². The Bertz CT molecular complexity index is 747. The number of ether oxygens (including phenoxy) is 1. The average Bonchev–Trinajstić information content (AvgIpc) is 2.66. The molecule has 0 saturated carbocycles. The predicted molar refractivity (Wildman–Crippen MR) is 109 cm³/mol. The highest BCUT2D eigenvalue weighted by Crippen LogP contribution is 2.31. The fourth-order valence-electron chi connectivity index (χ4n) is 3.31. The number of nitrogens with zero attached hydrogens (tertiary/aromatic N) is 2. The van der Waals surface area contributed by atoms with E-state index in [-0.39, 0.29) is 36.4 Å². The largest absolute Gasteiger partial charge is 0.483 e. The van der Waals surface area contributed by atoms with Gasteiger partial charge in [-0.25, -0.2) is 0 Å². The Balaban J connectivity index is 0.00000261. The number of para-hydroxylation sites is 1. The molecule has 6 heteroatoms. The Morgan fingerprint density at radius 2 is 2.04 bits per heavy atom. The van der Waals surface area contributed by atoms with Crippen molar-refractivity contribution in [1.29, 1.82) is 0 Å². The molecular weight excluding hydrogens is 362 g/mol. The summed E-state index contributed by atoms with van der Waals surface area (Å²) in [4.78, 5) is 19.0. The van der Waals surface area contributed by atoms with Crippen LogP contribution in [0, 0.1) is 0 Å². The summed E-state index contributed by atoms with van der Waals surface area (Å²) in [7, 11) is 0. The number of carbonyl (C=O) groups is 1. The molecule has 27 heavy (non-hydrogen) atoms. The van der Waals surface area contributed by atoms with Crippen molar-refractivity contribution in [2.75, 3.05) is 26.2 Å². The molecule has 1 atom stereocenters. The molecule has 2 heterocycles. The van der Waals surface area contributed by atoms with Crippen LogP contribution in [-0.4, -0.2) is 42.0 Å². The second-order valence-corrected chi connectivity index (χ2v) is 7.63. The van der Waals surface area contributed by atoms with Gasteiger partial charge in [-0.15, -0.1) is 12.4 Å². The van der Waals surface area contributed by atoms with Crippen LogP contribution < -0.4 is 10.1 Å². The summed E-state index contributed by atoms with van der Waals surface area (Å²) in [6, 6.07) is 11.9. The maximum absolute atomic E-state index is 12.9. The third-order valence-corrected chi connectivity index (χ3v) is 4.68. The second-order valence-electron chi connectivity index (χ2n) is 7.63. The number of hydrogen-bond acceptors (Lipinski definition) is 4. The van der Waals surface area contributed by atoms with E-state index in [0.717, 1.165) is 30.0 Å². The predicted octanol–water partition coefficient (Wildman–Crippen LogP) is 3.35. The molecule has 0 spiro atoms. The van der Waals surface area contributed by atoms with Gasteiger partial charge in [0.25, 0.3) is 5.91 Å². The molecule has 0 radical (unpaired) electrons. The van der Waals surface area contributed by atoms with Crippen LogP contribution in [0.25, 0.3) is 0 Å². The molecule has 1 N–H and O–H groups in total. The van der Waals surface area contributed by atoms with E-state index < -0.39 is 0 Å². The Labute approximate surface area is 167 Å². The van der Waals surface area contributed by atoms with Crippen molar-refractivity contribution >= 4 is 18.3 Å². The molecule has 3 rings (SSSR count). The minimum absolute atomic E-state index is 0. The van der Waals surface area contributed by atoms with Crippen LogP contribution in [0.2, 0.25) is 0 Å². The molecule has 1 aliphatic heterocycles. The first-order chi connectivity index (χ1) is 12.5. The topological polar surface area (TPSA) is 54.5 Å². The molecule has 5 nitrogen and oxygen atoms in total. The Kier molecular flexibility index (Phi) is 7.22. The molecule has 0 bridgehead atoms. The second kappa shape index (κ2) is 9.20. The Hall–Kier alpha value is -2.11. The van der Waals surface area contributed by atoms with Gasteiger partial charge in [-0.05, 0) is 28.7 Å². The van der Waals surface area contributed by atoms with Gasteiger partial charge in [0.2, 0.25) is 0 Å². The number of halogens is 1. The van der Waals surface area contributed by atoms with E-state index in [4.69, 9.17) is 4.74 Å². The van der Waals surface area contributed by atoms with Crippen molar-refractivity contribution in [2.24, 2.45) is 0 Å². The molecule has 0 aliphatic carbocycles. The van der Waals surface area contributed by atoms with Gasteiger partial charge in [-0.2, -0.15) is 0 Å². The van der Waals surface area contributed by atoms with Crippen molar-refractivity contribution in [3.05, 3.63) is 59.9 Å². The zero-order valence-corrected chi connectivity index (χ0v) is 17.0. The normalized spacial score (nSPS) is 17.1. The Morgan fingerprint density at radius 3 is 2.74 bits per heavy atom. The van der Waals surface area contributed by atoms with Gasteiger partial charge in [0.1, 0.15) is 5.75 Å². The number of aromatic nitrogens is 1. The standard InChI is InChI=1S/C21H27N3O2.ClH/c1-21(2,3)17-8-4-5-9-19(17)26-15-20(25)24-12-11-23-14-18(24)16-7-6-10-22-13-16;/h4-10,13,18,23H,11-12,14-15H2,1-3H3;1H. The molecule has 146 valence electrons. The van der Waals surface area contributed by atoms with Gasteiger partial charge in [0.15, 0.2) is 6.61 Å². The Morgan fingerprint density at radius 1 is 1.26 bits per heavy atom. The van der Waals surface area contributed by atoms with Gasteiger partial charge < -0.3 is 15.0 Å². The fourth-order valence-corrected chi connectivity index (χ4v) is 3.31. The van der Waals surface area contributed by atoms with Crippen LogP contribution in [0.3, 0.4) is 0 Å². The van der Waals surface area contributed by atoms with Crippen LogP contribution in [0.4, 0.5) is 0 Å². The lowest BCUT2D eigenvalue weighted by Crippen LogP contribution is -2.50. The third-order valence-electron chi connectivity index (χ3n) is 4.68.